The molecule has 0 saturated carbocycles. The summed E-state index contributed by atoms with van der Waals surface area (Å²) in [6.45, 7) is 0. The lowest BCUT2D eigenvalue weighted by Crippen LogP contribution is -2.11. The highest BCUT2D eigenvalue weighted by atomic mass is 127. The number of nitrogens with zero attached hydrogens (tertiary/aromatic N) is 1. The van der Waals surface area contributed by atoms with Gasteiger partial charge in [0.2, 0.25) is 11.9 Å². The van der Waals surface area contributed by atoms with Gasteiger partial charge in [0.1, 0.15) is 0 Å². The molecule has 0 aliphatic rings. The molecule has 0 aliphatic carbocycles. The second-order valence-electron chi connectivity index (χ2n) is 1.86. The van der Waals surface area contributed by atoms with Crippen LogP contribution in [0, 0.1) is 9.52 Å². The van der Waals surface area contributed by atoms with E-state index in [1.807, 2.05) is 0 Å². The average Bonchev–Trinajstić information content (AvgIpc) is 1.94. The monoisotopic (exact) mass is 266 g/mol. The van der Waals surface area contributed by atoms with Crippen molar-refractivity contribution in [1.82, 2.24) is 4.98 Å². The minimum absolute atomic E-state index is 0.218. The maximum Gasteiger partial charge on any atom is 0.250 e. The van der Waals surface area contributed by atoms with Crippen molar-refractivity contribution < 1.29 is 9.18 Å². The lowest BCUT2D eigenvalue weighted by atomic mass is 10.3. The van der Waals surface area contributed by atoms with Crippen LogP contribution in [0.4, 0.5) is 4.39 Å². The van der Waals surface area contributed by atoms with Crippen molar-refractivity contribution in [3.05, 3.63) is 27.3 Å². The Bertz CT molecular complexity index is 303. The zero-order valence-corrected chi connectivity index (χ0v) is 7.50. The van der Waals surface area contributed by atoms with E-state index in [0.29, 0.717) is 3.57 Å². The maximum atomic E-state index is 12.5. The topological polar surface area (TPSA) is 56.0 Å². The van der Waals surface area contributed by atoms with Gasteiger partial charge in [0.05, 0.1) is 9.13 Å². The highest BCUT2D eigenvalue weighted by Gasteiger charge is 2.04. The standard InChI is InChI=1S/C6H4FIN2O/c7-5-4(8)1-3(2-10-5)6(9)11/h1-2H,(H2,9,11). The summed E-state index contributed by atoms with van der Waals surface area (Å²) in [6.07, 6.45) is 1.11. The van der Waals surface area contributed by atoms with Crippen LogP contribution in [-0.2, 0) is 0 Å². The van der Waals surface area contributed by atoms with Crippen molar-refractivity contribution in [1.29, 1.82) is 0 Å². The Morgan fingerprint density at radius 2 is 2.36 bits per heavy atom. The van der Waals surface area contributed by atoms with E-state index in [-0.39, 0.29) is 5.56 Å². The Kier molecular flexibility index (Phi) is 2.38. The third kappa shape index (κ3) is 1.86. The van der Waals surface area contributed by atoms with E-state index >= 15 is 0 Å². The second kappa shape index (κ2) is 3.12. The predicted molar refractivity (Wildman–Crippen MR) is 45.4 cm³/mol. The molecule has 0 aliphatic heterocycles. The van der Waals surface area contributed by atoms with Crippen LogP contribution in [0.15, 0.2) is 12.3 Å². The molecule has 0 radical (unpaired) electrons. The fourth-order valence-corrected chi connectivity index (χ4v) is 1.03. The Morgan fingerprint density at radius 1 is 1.73 bits per heavy atom. The molecule has 3 nitrogen and oxygen atoms in total. The molecule has 0 spiro atoms. The number of hydrogen-bond donors (Lipinski definition) is 1. The van der Waals surface area contributed by atoms with Crippen LogP contribution in [0.1, 0.15) is 10.4 Å². The van der Waals surface area contributed by atoms with Crippen molar-refractivity contribution in [2.75, 3.05) is 0 Å². The van der Waals surface area contributed by atoms with Gasteiger partial charge in [-0.05, 0) is 28.7 Å². The molecule has 58 valence electrons. The van der Waals surface area contributed by atoms with Gasteiger partial charge in [-0.1, -0.05) is 0 Å². The van der Waals surface area contributed by atoms with E-state index in [2.05, 4.69) is 4.98 Å². The minimum atomic E-state index is -0.601. The first-order chi connectivity index (χ1) is 5.11. The summed E-state index contributed by atoms with van der Waals surface area (Å²) in [6, 6.07) is 1.35. The molecule has 0 atom stereocenters. The summed E-state index contributed by atoms with van der Waals surface area (Å²) >= 11 is 1.74. The quantitative estimate of drug-likeness (QED) is 0.607. The Balaban J connectivity index is 3.15. The van der Waals surface area contributed by atoms with Crippen molar-refractivity contribution in [3.63, 3.8) is 0 Å². The number of aromatic nitrogens is 1. The van der Waals surface area contributed by atoms with E-state index < -0.39 is 11.9 Å². The molecule has 1 amide bonds. The van der Waals surface area contributed by atoms with E-state index in [1.165, 1.54) is 6.07 Å². The number of carbonyl (C=O) groups excluding carboxylic acids is 1. The number of pyridine rings is 1. The number of primary amides is 1. The number of rotatable bonds is 1. The van der Waals surface area contributed by atoms with E-state index in [9.17, 15) is 9.18 Å². The molecule has 11 heavy (non-hydrogen) atoms. The molecule has 0 fully saturated rings. The van der Waals surface area contributed by atoms with Gasteiger partial charge in [0.25, 0.3) is 0 Å². The molecule has 1 aromatic rings. The van der Waals surface area contributed by atoms with Gasteiger partial charge in [-0.2, -0.15) is 4.39 Å². The molecule has 0 unspecified atom stereocenters. The number of carbonyl (C=O) groups is 1. The first-order valence-corrected chi connectivity index (χ1v) is 3.80. The van der Waals surface area contributed by atoms with Gasteiger partial charge in [-0.3, -0.25) is 4.79 Å². The summed E-state index contributed by atoms with van der Waals surface area (Å²) in [5.74, 6) is -1.19. The van der Waals surface area contributed by atoms with Gasteiger partial charge < -0.3 is 5.73 Å². The Morgan fingerprint density at radius 3 is 2.82 bits per heavy atom. The highest BCUT2D eigenvalue weighted by Crippen LogP contribution is 2.09. The summed E-state index contributed by atoms with van der Waals surface area (Å²) in [4.78, 5) is 13.8. The second-order valence-corrected chi connectivity index (χ2v) is 3.02. The SMILES string of the molecule is NC(=O)c1cnc(F)c(I)c1. The first-order valence-electron chi connectivity index (χ1n) is 2.72. The van der Waals surface area contributed by atoms with E-state index in [0.717, 1.165) is 6.20 Å². The van der Waals surface area contributed by atoms with Crippen molar-refractivity contribution in [2.24, 2.45) is 5.73 Å². The minimum Gasteiger partial charge on any atom is -0.366 e. The highest BCUT2D eigenvalue weighted by molar-refractivity contribution is 14.1. The molecule has 2 N–H and O–H groups in total. The van der Waals surface area contributed by atoms with E-state index in [4.69, 9.17) is 5.73 Å². The number of hydrogen-bond acceptors (Lipinski definition) is 2. The van der Waals surface area contributed by atoms with Gasteiger partial charge in [-0.25, -0.2) is 4.98 Å². The van der Waals surface area contributed by atoms with Gasteiger partial charge in [-0.15, -0.1) is 0 Å². The largest absolute Gasteiger partial charge is 0.366 e. The average molecular weight is 266 g/mol. The van der Waals surface area contributed by atoms with Gasteiger partial charge >= 0.3 is 0 Å². The molecule has 5 heteroatoms. The van der Waals surface area contributed by atoms with Crippen LogP contribution < -0.4 is 5.73 Å². The maximum absolute atomic E-state index is 12.5. The lowest BCUT2D eigenvalue weighted by Gasteiger charge is -1.95. The number of halogens is 2. The number of nitrogens with two attached hydrogens (primary N) is 1. The van der Waals surface area contributed by atoms with E-state index in [1.54, 1.807) is 22.6 Å². The van der Waals surface area contributed by atoms with Crippen LogP contribution in [0.25, 0.3) is 0 Å². The van der Waals surface area contributed by atoms with Gasteiger partial charge in [0, 0.05) is 6.20 Å². The molecule has 0 aromatic carbocycles. The normalized spacial score (nSPS) is 9.64. The van der Waals surface area contributed by atoms with Gasteiger partial charge in [0.15, 0.2) is 0 Å². The van der Waals surface area contributed by atoms with Crippen molar-refractivity contribution in [2.45, 2.75) is 0 Å². The fraction of sp³-hybridized carbons (Fsp3) is 0. The zero-order valence-electron chi connectivity index (χ0n) is 5.34. The molecule has 1 aromatic heterocycles. The summed E-state index contributed by atoms with van der Waals surface area (Å²) in [5.41, 5.74) is 5.15. The molecule has 0 bridgehead atoms. The van der Waals surface area contributed by atoms with Crippen molar-refractivity contribution >= 4 is 28.5 Å². The lowest BCUT2D eigenvalue weighted by molar-refractivity contribution is 0.1000. The summed E-state index contributed by atoms with van der Waals surface area (Å²) < 4.78 is 12.8. The predicted octanol–water partition coefficient (Wildman–Crippen LogP) is 0.924. The summed E-state index contributed by atoms with van der Waals surface area (Å²) in [5, 5.41) is 0. The molecule has 0 saturated heterocycles. The number of amides is 1. The zero-order chi connectivity index (χ0) is 8.43. The van der Waals surface area contributed by atoms with Crippen molar-refractivity contribution in [3.8, 4) is 0 Å². The molecule has 1 rings (SSSR count). The first kappa shape index (κ1) is 8.38. The van der Waals surface area contributed by atoms with Crippen LogP contribution in [-0.4, -0.2) is 10.9 Å². The molecular weight excluding hydrogens is 262 g/mol. The third-order valence-electron chi connectivity index (χ3n) is 1.08. The Labute approximate surface area is 75.9 Å². The Hall–Kier alpha value is -0.720. The van der Waals surface area contributed by atoms with Crippen LogP contribution in [0.3, 0.4) is 0 Å². The third-order valence-corrected chi connectivity index (χ3v) is 1.84. The fourth-order valence-electron chi connectivity index (χ4n) is 0.556. The molecule has 1 heterocycles. The van der Waals surface area contributed by atoms with Crippen LogP contribution >= 0.6 is 22.6 Å². The summed E-state index contributed by atoms with van der Waals surface area (Å²) in [7, 11) is 0. The molecular formula is C6H4FIN2O. The smallest absolute Gasteiger partial charge is 0.250 e. The van der Waals surface area contributed by atoms with Crippen LogP contribution in [0.2, 0.25) is 0 Å². The van der Waals surface area contributed by atoms with Crippen LogP contribution in [0.5, 0.6) is 0 Å².